The van der Waals surface area contributed by atoms with Crippen LogP contribution in [0.25, 0.3) is 0 Å². The Morgan fingerprint density at radius 2 is 1.82 bits per heavy atom. The van der Waals surface area contributed by atoms with E-state index in [4.69, 9.17) is 4.74 Å². The van der Waals surface area contributed by atoms with Crippen LogP contribution in [0.3, 0.4) is 0 Å². The summed E-state index contributed by atoms with van der Waals surface area (Å²) in [5, 5.41) is 30.3. The fourth-order valence-electron chi connectivity index (χ4n) is 7.16. The molecule has 188 valence electrons. The van der Waals surface area contributed by atoms with Gasteiger partial charge in [-0.2, -0.15) is 0 Å². The van der Waals surface area contributed by atoms with Crippen LogP contribution in [0.5, 0.6) is 0 Å². The second-order valence-electron chi connectivity index (χ2n) is 12.1. The van der Waals surface area contributed by atoms with E-state index in [9.17, 15) is 15.3 Å². The summed E-state index contributed by atoms with van der Waals surface area (Å²) in [5.74, 6) is 1.08. The highest BCUT2D eigenvalue weighted by Crippen LogP contribution is 2.61. The molecule has 0 saturated heterocycles. The van der Waals surface area contributed by atoms with Crippen LogP contribution < -0.4 is 0 Å². The molecule has 4 nitrogen and oxygen atoms in total. The number of hydrogen-bond acceptors (Lipinski definition) is 4. The van der Waals surface area contributed by atoms with Crippen molar-refractivity contribution in [2.75, 3.05) is 7.11 Å². The van der Waals surface area contributed by atoms with Gasteiger partial charge in [-0.05, 0) is 101 Å². The highest BCUT2D eigenvalue weighted by atomic mass is 16.5. The summed E-state index contributed by atoms with van der Waals surface area (Å²) in [7, 11) is 1.88. The van der Waals surface area contributed by atoms with Crippen molar-refractivity contribution in [2.24, 2.45) is 17.3 Å². The Kier molecular flexibility index (Phi) is 8.37. The maximum atomic E-state index is 10.2. The van der Waals surface area contributed by atoms with Crippen molar-refractivity contribution in [3.8, 4) is 0 Å². The molecule has 3 N–H and O–H groups in total. The van der Waals surface area contributed by atoms with Crippen molar-refractivity contribution in [3.63, 3.8) is 0 Å². The third kappa shape index (κ3) is 6.01. The molecular weight excluding hydrogens is 412 g/mol. The Hall–Kier alpha value is -0.940. The van der Waals surface area contributed by atoms with Crippen LogP contribution in [0.2, 0.25) is 0 Å². The largest absolute Gasteiger partial charge is 0.393 e. The average Bonchev–Trinajstić information content (AvgIpc) is 3.10. The van der Waals surface area contributed by atoms with Crippen LogP contribution in [0.4, 0.5) is 0 Å². The molecule has 0 aromatic rings. The van der Waals surface area contributed by atoms with Crippen molar-refractivity contribution in [1.29, 1.82) is 0 Å². The number of ether oxygens (including phenoxy) is 1. The summed E-state index contributed by atoms with van der Waals surface area (Å²) in [6.45, 7) is 12.6. The summed E-state index contributed by atoms with van der Waals surface area (Å²) in [5.41, 5.74) is 2.76. The van der Waals surface area contributed by atoms with Gasteiger partial charge in [-0.15, -0.1) is 0 Å². The molecule has 6 atom stereocenters. The Labute approximate surface area is 201 Å². The second kappa shape index (κ2) is 10.4. The number of unbranched alkanes of at least 4 members (excludes halogenated alkanes) is 1. The minimum absolute atomic E-state index is 0.143. The molecule has 0 bridgehead atoms. The Morgan fingerprint density at radius 3 is 2.48 bits per heavy atom. The molecule has 0 aliphatic heterocycles. The second-order valence-corrected chi connectivity index (χ2v) is 12.1. The van der Waals surface area contributed by atoms with E-state index in [1.54, 1.807) is 0 Å². The Morgan fingerprint density at radius 1 is 1.12 bits per heavy atom. The topological polar surface area (TPSA) is 69.9 Å². The average molecular weight is 461 g/mol. The van der Waals surface area contributed by atoms with Crippen molar-refractivity contribution >= 4 is 0 Å². The van der Waals surface area contributed by atoms with E-state index < -0.39 is 17.8 Å². The predicted octanol–water partition coefficient (Wildman–Crippen LogP) is 5.86. The van der Waals surface area contributed by atoms with Crippen LogP contribution in [0.1, 0.15) is 98.3 Å². The molecule has 0 aromatic heterocycles. The van der Waals surface area contributed by atoms with Crippen molar-refractivity contribution in [2.45, 2.75) is 122 Å². The lowest BCUT2D eigenvalue weighted by Gasteiger charge is -2.48. The Balaban J connectivity index is 1.74. The summed E-state index contributed by atoms with van der Waals surface area (Å²) < 4.78 is 6.24. The molecule has 0 heterocycles. The maximum Gasteiger partial charge on any atom is 0.0811 e. The lowest BCUT2D eigenvalue weighted by molar-refractivity contribution is -0.0944. The minimum atomic E-state index is -0.635. The number of aliphatic hydroxyl groups excluding tert-OH is 2. The molecule has 3 rings (SSSR count). The molecule has 33 heavy (non-hydrogen) atoms. The molecule has 3 fully saturated rings. The van der Waals surface area contributed by atoms with Crippen LogP contribution >= 0.6 is 0 Å². The third-order valence-corrected chi connectivity index (χ3v) is 9.14. The number of hydrogen-bond donors (Lipinski definition) is 3. The maximum absolute atomic E-state index is 10.2. The van der Waals surface area contributed by atoms with Gasteiger partial charge in [-0.3, -0.25) is 0 Å². The number of aliphatic hydroxyl groups is 3. The Bertz CT molecular complexity index is 760. The molecular formula is C29H48O4. The first kappa shape index (κ1) is 26.7. The molecule has 0 amide bonds. The van der Waals surface area contributed by atoms with Crippen LogP contribution in [-0.4, -0.2) is 45.8 Å². The normalized spacial score (nSPS) is 37.4. The fourth-order valence-corrected chi connectivity index (χ4v) is 7.16. The number of methoxy groups -OCH3 is 1. The van der Waals surface area contributed by atoms with E-state index in [2.05, 4.69) is 32.6 Å². The SMILES string of the molecule is C=C1/C(=C\C=C2/CCC[C@@]3(C)[C@H]2CC[C@@H]3[C@](C)(CCCCC(C)(C)O)OC)C[C@@H](O)C[C@@H]1O. The van der Waals surface area contributed by atoms with E-state index in [0.29, 0.717) is 24.7 Å². The van der Waals surface area contributed by atoms with Crippen LogP contribution in [-0.2, 0) is 4.74 Å². The van der Waals surface area contributed by atoms with Crippen LogP contribution in [0.15, 0.2) is 35.5 Å². The first-order chi connectivity index (χ1) is 15.4. The standard InChI is InChI=1S/C29H48O4/c1-20-22(18-23(30)19-25(20)31)12-11-21-10-9-16-28(4)24(21)13-14-26(28)29(5,33-6)17-8-7-15-27(2,3)32/h11-12,23-26,30-32H,1,7-10,13-19H2,2-6H3/b21-11+,22-12-/t23-,24+,25+,26+,28+,29+/m1/s1. The fraction of sp³-hybridized carbons (Fsp3) is 0.793. The van der Waals surface area contributed by atoms with E-state index >= 15 is 0 Å². The number of fused-ring (bicyclic) bond motifs is 1. The molecule has 0 spiro atoms. The molecule has 4 heteroatoms. The van der Waals surface area contributed by atoms with Crippen molar-refractivity contribution in [3.05, 3.63) is 35.5 Å². The zero-order chi connectivity index (χ0) is 24.4. The van der Waals surface area contributed by atoms with Gasteiger partial charge in [0.2, 0.25) is 0 Å². The van der Waals surface area contributed by atoms with Gasteiger partial charge in [0.05, 0.1) is 23.4 Å². The zero-order valence-electron chi connectivity index (χ0n) is 21.7. The first-order valence-corrected chi connectivity index (χ1v) is 13.1. The molecule has 0 radical (unpaired) electrons. The van der Waals surface area contributed by atoms with E-state index in [1.165, 1.54) is 31.3 Å². The lowest BCUT2D eigenvalue weighted by atomic mass is 9.59. The van der Waals surface area contributed by atoms with Gasteiger partial charge in [0.15, 0.2) is 0 Å². The highest BCUT2D eigenvalue weighted by Gasteiger charge is 2.55. The summed E-state index contributed by atoms with van der Waals surface area (Å²) >= 11 is 0. The highest BCUT2D eigenvalue weighted by molar-refractivity contribution is 5.38. The molecule has 3 saturated carbocycles. The van der Waals surface area contributed by atoms with Gasteiger partial charge in [0.25, 0.3) is 0 Å². The number of allylic oxidation sites excluding steroid dienone is 3. The van der Waals surface area contributed by atoms with Gasteiger partial charge >= 0.3 is 0 Å². The van der Waals surface area contributed by atoms with E-state index in [0.717, 1.165) is 43.3 Å². The van der Waals surface area contributed by atoms with Crippen molar-refractivity contribution < 1.29 is 20.1 Å². The zero-order valence-corrected chi connectivity index (χ0v) is 21.7. The van der Waals surface area contributed by atoms with Gasteiger partial charge in [0.1, 0.15) is 0 Å². The number of rotatable bonds is 8. The van der Waals surface area contributed by atoms with Gasteiger partial charge in [0, 0.05) is 13.5 Å². The van der Waals surface area contributed by atoms with E-state index in [-0.39, 0.29) is 11.0 Å². The van der Waals surface area contributed by atoms with Gasteiger partial charge in [-0.1, -0.05) is 44.1 Å². The third-order valence-electron chi connectivity index (χ3n) is 9.14. The lowest BCUT2D eigenvalue weighted by Crippen LogP contribution is -2.46. The first-order valence-electron chi connectivity index (χ1n) is 13.1. The quantitative estimate of drug-likeness (QED) is 0.397. The molecule has 0 aromatic carbocycles. The smallest absolute Gasteiger partial charge is 0.0811 e. The monoisotopic (exact) mass is 460 g/mol. The predicted molar refractivity (Wildman–Crippen MR) is 135 cm³/mol. The molecule has 3 aliphatic carbocycles. The summed E-state index contributed by atoms with van der Waals surface area (Å²) in [6, 6.07) is 0. The van der Waals surface area contributed by atoms with Crippen LogP contribution in [0, 0.1) is 17.3 Å². The van der Waals surface area contributed by atoms with E-state index in [1.807, 2.05) is 21.0 Å². The minimum Gasteiger partial charge on any atom is -0.393 e. The van der Waals surface area contributed by atoms with Gasteiger partial charge in [-0.25, -0.2) is 0 Å². The molecule has 3 aliphatic rings. The summed E-state index contributed by atoms with van der Waals surface area (Å²) in [4.78, 5) is 0. The summed E-state index contributed by atoms with van der Waals surface area (Å²) in [6.07, 6.45) is 14.2. The van der Waals surface area contributed by atoms with Crippen molar-refractivity contribution in [1.82, 2.24) is 0 Å². The molecule has 0 unspecified atom stereocenters. The van der Waals surface area contributed by atoms with Gasteiger partial charge < -0.3 is 20.1 Å².